The van der Waals surface area contributed by atoms with E-state index >= 15 is 0 Å². The van der Waals surface area contributed by atoms with E-state index in [2.05, 4.69) is 23.7 Å². The predicted octanol–water partition coefficient (Wildman–Crippen LogP) is 8.89. The van der Waals surface area contributed by atoms with Gasteiger partial charge in [0.15, 0.2) is 0 Å². The molecule has 0 aliphatic carbocycles. The molecule has 5 rings (SSSR count). The van der Waals surface area contributed by atoms with Crippen molar-refractivity contribution in [3.8, 4) is 23.7 Å². The zero-order valence-corrected chi connectivity index (χ0v) is 19.6. The molecular formula is C30H14F6S. The lowest BCUT2D eigenvalue weighted by Gasteiger charge is -2.05. The summed E-state index contributed by atoms with van der Waals surface area (Å²) in [5.41, 5.74) is 1.02. The summed E-state index contributed by atoms with van der Waals surface area (Å²) in [7, 11) is 0. The summed E-state index contributed by atoms with van der Waals surface area (Å²) in [4.78, 5) is 0. The lowest BCUT2D eigenvalue weighted by atomic mass is 10.1. The first-order valence-electron chi connectivity index (χ1n) is 10.9. The van der Waals surface area contributed by atoms with E-state index in [0.29, 0.717) is 11.1 Å². The molecule has 0 unspecified atom stereocenters. The quantitative estimate of drug-likeness (QED) is 0.141. The zero-order valence-electron chi connectivity index (χ0n) is 18.8. The van der Waals surface area contributed by atoms with Crippen molar-refractivity contribution in [2.75, 3.05) is 0 Å². The maximum Gasteiger partial charge on any atom is 0.416 e. The van der Waals surface area contributed by atoms with Crippen LogP contribution in [0.15, 0.2) is 84.9 Å². The number of halogens is 6. The van der Waals surface area contributed by atoms with Gasteiger partial charge in [-0.05, 0) is 72.8 Å². The van der Waals surface area contributed by atoms with Crippen molar-refractivity contribution in [2.45, 2.75) is 12.4 Å². The van der Waals surface area contributed by atoms with E-state index in [1.54, 1.807) is 11.3 Å². The summed E-state index contributed by atoms with van der Waals surface area (Å²) in [5.74, 6) is 11.8. The van der Waals surface area contributed by atoms with Crippen molar-refractivity contribution in [2.24, 2.45) is 0 Å². The second-order valence-corrected chi connectivity index (χ2v) is 9.26. The highest BCUT2D eigenvalue weighted by atomic mass is 32.1. The molecule has 0 aliphatic heterocycles. The van der Waals surface area contributed by atoms with E-state index in [0.717, 1.165) is 55.6 Å². The monoisotopic (exact) mass is 520 g/mol. The van der Waals surface area contributed by atoms with Crippen molar-refractivity contribution < 1.29 is 26.3 Å². The molecule has 0 bridgehead atoms. The molecule has 0 radical (unpaired) electrons. The zero-order chi connectivity index (χ0) is 26.2. The number of thiophene rings is 1. The van der Waals surface area contributed by atoms with Gasteiger partial charge in [-0.25, -0.2) is 0 Å². The average Bonchev–Trinajstić information content (AvgIpc) is 3.22. The smallest absolute Gasteiger partial charge is 0.166 e. The van der Waals surface area contributed by atoms with E-state index in [-0.39, 0.29) is 0 Å². The van der Waals surface area contributed by atoms with Gasteiger partial charge in [-0.15, -0.1) is 11.3 Å². The van der Waals surface area contributed by atoms with E-state index in [9.17, 15) is 26.3 Å². The summed E-state index contributed by atoms with van der Waals surface area (Å²) in [6, 6.07) is 21.0. The van der Waals surface area contributed by atoms with Crippen molar-refractivity contribution in [1.82, 2.24) is 0 Å². The molecule has 0 N–H and O–H groups in total. The number of rotatable bonds is 0. The lowest BCUT2D eigenvalue weighted by molar-refractivity contribution is -0.138. The molecule has 0 spiro atoms. The second-order valence-electron chi connectivity index (χ2n) is 8.17. The molecule has 5 aromatic rings. The molecule has 0 atom stereocenters. The second kappa shape index (κ2) is 9.35. The number of hydrogen-bond donors (Lipinski definition) is 0. The SMILES string of the molecule is FC(F)(F)c1ccc(C#Cc2ccc3c(c2)sc2cc(C#Cc4ccc(C(F)(F)F)cc4)ccc23)cc1. The van der Waals surface area contributed by atoms with Crippen LogP contribution in [0.4, 0.5) is 26.3 Å². The predicted molar refractivity (Wildman–Crippen MR) is 134 cm³/mol. The van der Waals surface area contributed by atoms with Gasteiger partial charge in [0.2, 0.25) is 0 Å². The molecular weight excluding hydrogens is 506 g/mol. The Morgan fingerprint density at radius 2 is 0.757 bits per heavy atom. The van der Waals surface area contributed by atoms with Crippen LogP contribution in [-0.2, 0) is 12.4 Å². The third kappa shape index (κ3) is 5.48. The maximum atomic E-state index is 12.7. The lowest BCUT2D eigenvalue weighted by Crippen LogP contribution is -2.04. The average molecular weight is 520 g/mol. The molecule has 0 saturated carbocycles. The molecule has 0 saturated heterocycles. The van der Waals surface area contributed by atoms with Crippen LogP contribution >= 0.6 is 11.3 Å². The van der Waals surface area contributed by atoms with Crippen LogP contribution in [0.5, 0.6) is 0 Å². The molecule has 0 fully saturated rings. The van der Waals surface area contributed by atoms with Gasteiger partial charge in [0.25, 0.3) is 0 Å². The topological polar surface area (TPSA) is 0 Å². The van der Waals surface area contributed by atoms with Crippen LogP contribution in [0.1, 0.15) is 33.4 Å². The van der Waals surface area contributed by atoms with E-state index in [1.165, 1.54) is 24.3 Å². The van der Waals surface area contributed by atoms with Crippen LogP contribution in [0.25, 0.3) is 20.2 Å². The Morgan fingerprint density at radius 1 is 0.432 bits per heavy atom. The minimum atomic E-state index is -4.38. The molecule has 182 valence electrons. The van der Waals surface area contributed by atoms with Crippen molar-refractivity contribution in [3.63, 3.8) is 0 Å². The van der Waals surface area contributed by atoms with Crippen molar-refractivity contribution in [1.29, 1.82) is 0 Å². The summed E-state index contributed by atoms with van der Waals surface area (Å²) in [5, 5.41) is 2.09. The Hall–Kier alpha value is -4.20. The van der Waals surface area contributed by atoms with Crippen LogP contribution < -0.4 is 0 Å². The fraction of sp³-hybridized carbons (Fsp3) is 0.0667. The summed E-state index contributed by atoms with van der Waals surface area (Å²) < 4.78 is 78.4. The standard InChI is InChI=1S/C30H14F6S/c31-29(32,33)23-11-5-19(6-12-23)1-3-21-9-15-25-26-16-10-22(18-28(26)37-27(25)17-21)4-2-20-7-13-24(14-8-20)30(34,35)36/h5-18H. The summed E-state index contributed by atoms with van der Waals surface area (Å²) >= 11 is 1.56. The summed E-state index contributed by atoms with van der Waals surface area (Å²) in [6.07, 6.45) is -8.77. The maximum absolute atomic E-state index is 12.7. The molecule has 1 aromatic heterocycles. The van der Waals surface area contributed by atoms with Gasteiger partial charge in [-0.2, -0.15) is 26.3 Å². The van der Waals surface area contributed by atoms with Gasteiger partial charge in [-0.1, -0.05) is 35.8 Å². The van der Waals surface area contributed by atoms with Crippen molar-refractivity contribution >= 4 is 31.5 Å². The van der Waals surface area contributed by atoms with Gasteiger partial charge in [-0.3, -0.25) is 0 Å². The van der Waals surface area contributed by atoms with Gasteiger partial charge < -0.3 is 0 Å². The van der Waals surface area contributed by atoms with Gasteiger partial charge in [0.05, 0.1) is 11.1 Å². The molecule has 37 heavy (non-hydrogen) atoms. The van der Waals surface area contributed by atoms with Gasteiger partial charge in [0.1, 0.15) is 0 Å². The fourth-order valence-electron chi connectivity index (χ4n) is 3.71. The molecule has 0 aliphatic rings. The Balaban J connectivity index is 1.39. The van der Waals surface area contributed by atoms with Crippen LogP contribution in [0.2, 0.25) is 0 Å². The van der Waals surface area contributed by atoms with Crippen LogP contribution in [0, 0.1) is 23.7 Å². The fourth-order valence-corrected chi connectivity index (χ4v) is 4.89. The minimum absolute atomic E-state index is 0.487. The first-order valence-corrected chi connectivity index (χ1v) is 11.7. The Bertz CT molecular complexity index is 1600. The number of fused-ring (bicyclic) bond motifs is 3. The first kappa shape index (κ1) is 24.5. The van der Waals surface area contributed by atoms with Crippen molar-refractivity contribution in [3.05, 3.63) is 118 Å². The number of alkyl halides is 6. The largest absolute Gasteiger partial charge is 0.416 e. The molecule has 1 heterocycles. The van der Waals surface area contributed by atoms with Crippen LogP contribution in [0.3, 0.4) is 0 Å². The Kier molecular flexibility index (Phi) is 6.19. The highest BCUT2D eigenvalue weighted by Gasteiger charge is 2.30. The van der Waals surface area contributed by atoms with Crippen LogP contribution in [-0.4, -0.2) is 0 Å². The first-order chi connectivity index (χ1) is 17.6. The van der Waals surface area contributed by atoms with Gasteiger partial charge >= 0.3 is 12.4 Å². The highest BCUT2D eigenvalue weighted by Crippen LogP contribution is 2.35. The minimum Gasteiger partial charge on any atom is -0.166 e. The highest BCUT2D eigenvalue weighted by molar-refractivity contribution is 7.25. The van der Waals surface area contributed by atoms with Gasteiger partial charge in [0, 0.05) is 42.4 Å². The normalized spacial score (nSPS) is 11.6. The third-order valence-corrected chi connectivity index (χ3v) is 6.72. The van der Waals surface area contributed by atoms with E-state index in [4.69, 9.17) is 0 Å². The summed E-state index contributed by atoms with van der Waals surface area (Å²) in [6.45, 7) is 0. The molecule has 0 amide bonds. The molecule has 0 nitrogen and oxygen atoms in total. The Labute approximate surface area is 212 Å². The molecule has 7 heteroatoms. The number of benzene rings is 4. The number of hydrogen-bond acceptors (Lipinski definition) is 1. The third-order valence-electron chi connectivity index (χ3n) is 5.60. The molecule has 4 aromatic carbocycles. The van der Waals surface area contributed by atoms with E-state index < -0.39 is 23.5 Å². The Morgan fingerprint density at radius 3 is 1.11 bits per heavy atom. The van der Waals surface area contributed by atoms with E-state index in [1.807, 2.05) is 36.4 Å².